The van der Waals surface area contributed by atoms with E-state index in [0.29, 0.717) is 5.75 Å². The number of hydrogen-bond acceptors (Lipinski definition) is 5. The third-order valence-corrected chi connectivity index (χ3v) is 1.67. The predicted octanol–water partition coefficient (Wildman–Crippen LogP) is 1.05. The van der Waals surface area contributed by atoms with Gasteiger partial charge >= 0.3 is 5.97 Å². The van der Waals surface area contributed by atoms with Gasteiger partial charge in [0.1, 0.15) is 5.75 Å². The first-order valence-corrected chi connectivity index (χ1v) is 4.23. The second-order valence-corrected chi connectivity index (χ2v) is 2.68. The fraction of sp³-hybridized carbons (Fsp3) is 0.200. The van der Waals surface area contributed by atoms with Gasteiger partial charge in [-0.15, -0.1) is 0 Å². The number of carbonyl (C=O) groups is 1. The zero-order valence-corrected chi connectivity index (χ0v) is 8.21. The highest BCUT2D eigenvalue weighted by Gasteiger charge is 2.00. The Morgan fingerprint density at radius 2 is 2.13 bits per heavy atom. The first-order chi connectivity index (χ1) is 7.26. The molecule has 1 N–H and O–H groups in total. The quantitative estimate of drug-likeness (QED) is 0.348. The summed E-state index contributed by atoms with van der Waals surface area (Å²) in [5.41, 5.74) is 0.739. The lowest BCUT2D eigenvalue weighted by Crippen LogP contribution is -2.12. The SMILES string of the molecule is COC(=O)COc1ccc(/C=N\O)cc1. The molecule has 0 aromatic heterocycles. The molecule has 0 radical (unpaired) electrons. The molecular formula is C10H11NO4. The van der Waals surface area contributed by atoms with Gasteiger partial charge in [0.2, 0.25) is 0 Å². The molecule has 5 nitrogen and oxygen atoms in total. The maximum absolute atomic E-state index is 10.8. The molecule has 0 heterocycles. The number of oxime groups is 1. The van der Waals surface area contributed by atoms with Crippen LogP contribution in [0.4, 0.5) is 0 Å². The molecule has 0 spiro atoms. The molecule has 1 rings (SSSR count). The molecule has 5 heteroatoms. The molecule has 0 atom stereocenters. The number of ether oxygens (including phenoxy) is 2. The summed E-state index contributed by atoms with van der Waals surface area (Å²) in [6.07, 6.45) is 1.30. The van der Waals surface area contributed by atoms with Crippen LogP contribution in [-0.2, 0) is 9.53 Å². The lowest BCUT2D eigenvalue weighted by molar-refractivity contribution is -0.142. The normalized spacial score (nSPS) is 10.2. The first kappa shape index (κ1) is 11.0. The van der Waals surface area contributed by atoms with Crippen molar-refractivity contribution in [2.24, 2.45) is 5.16 Å². The van der Waals surface area contributed by atoms with Crippen molar-refractivity contribution in [3.05, 3.63) is 29.8 Å². The van der Waals surface area contributed by atoms with Gasteiger partial charge < -0.3 is 14.7 Å². The van der Waals surface area contributed by atoms with E-state index in [1.165, 1.54) is 13.3 Å². The van der Waals surface area contributed by atoms with Crippen molar-refractivity contribution in [1.29, 1.82) is 0 Å². The average Bonchev–Trinajstić information content (AvgIpc) is 2.28. The van der Waals surface area contributed by atoms with E-state index in [9.17, 15) is 4.79 Å². The highest BCUT2D eigenvalue weighted by atomic mass is 16.6. The molecular weight excluding hydrogens is 198 g/mol. The van der Waals surface area contributed by atoms with Gasteiger partial charge in [0.15, 0.2) is 6.61 Å². The van der Waals surface area contributed by atoms with E-state index in [0.717, 1.165) is 5.56 Å². The molecule has 80 valence electrons. The summed E-state index contributed by atoms with van der Waals surface area (Å²) < 4.78 is 9.53. The van der Waals surface area contributed by atoms with Crippen LogP contribution in [-0.4, -0.2) is 31.1 Å². The highest BCUT2D eigenvalue weighted by molar-refractivity contribution is 5.79. The van der Waals surface area contributed by atoms with Crippen LogP contribution in [0.3, 0.4) is 0 Å². The van der Waals surface area contributed by atoms with Crippen molar-refractivity contribution in [3.8, 4) is 5.75 Å². The van der Waals surface area contributed by atoms with Gasteiger partial charge in [-0.05, 0) is 29.8 Å². The zero-order chi connectivity index (χ0) is 11.1. The Labute approximate surface area is 86.9 Å². The molecule has 0 aliphatic carbocycles. The minimum Gasteiger partial charge on any atom is -0.482 e. The van der Waals surface area contributed by atoms with Gasteiger partial charge in [-0.25, -0.2) is 4.79 Å². The van der Waals surface area contributed by atoms with Crippen molar-refractivity contribution in [2.45, 2.75) is 0 Å². The Balaban J connectivity index is 2.53. The monoisotopic (exact) mass is 209 g/mol. The summed E-state index contributed by atoms with van der Waals surface area (Å²) >= 11 is 0. The summed E-state index contributed by atoms with van der Waals surface area (Å²) in [5, 5.41) is 11.2. The second kappa shape index (κ2) is 5.64. The van der Waals surface area contributed by atoms with Gasteiger partial charge in [-0.3, -0.25) is 0 Å². The Hall–Kier alpha value is -2.04. The average molecular weight is 209 g/mol. The minimum absolute atomic E-state index is 0.121. The number of methoxy groups -OCH3 is 1. The summed E-state index contributed by atoms with van der Waals surface area (Å²) in [4.78, 5) is 10.8. The van der Waals surface area contributed by atoms with Crippen molar-refractivity contribution < 1.29 is 19.5 Å². The Kier molecular flexibility index (Phi) is 4.15. The van der Waals surface area contributed by atoms with Crippen molar-refractivity contribution in [1.82, 2.24) is 0 Å². The van der Waals surface area contributed by atoms with E-state index >= 15 is 0 Å². The maximum atomic E-state index is 10.8. The Bertz CT molecular complexity index is 345. The Morgan fingerprint density at radius 3 is 2.67 bits per heavy atom. The van der Waals surface area contributed by atoms with Crippen LogP contribution in [0.5, 0.6) is 5.75 Å². The van der Waals surface area contributed by atoms with Crippen LogP contribution < -0.4 is 4.74 Å². The van der Waals surface area contributed by atoms with E-state index in [-0.39, 0.29) is 6.61 Å². The maximum Gasteiger partial charge on any atom is 0.343 e. The summed E-state index contributed by atoms with van der Waals surface area (Å²) in [7, 11) is 1.30. The van der Waals surface area contributed by atoms with Crippen molar-refractivity contribution in [3.63, 3.8) is 0 Å². The standard InChI is InChI=1S/C10H11NO4/c1-14-10(12)7-15-9-4-2-8(3-5-9)6-11-13/h2-6,13H,7H2,1H3/b11-6-. The van der Waals surface area contributed by atoms with E-state index in [1.54, 1.807) is 24.3 Å². The fourth-order valence-corrected chi connectivity index (χ4v) is 0.918. The molecule has 0 saturated carbocycles. The second-order valence-electron chi connectivity index (χ2n) is 2.68. The first-order valence-electron chi connectivity index (χ1n) is 4.23. The van der Waals surface area contributed by atoms with Crippen LogP contribution in [0.15, 0.2) is 29.4 Å². The van der Waals surface area contributed by atoms with Crippen LogP contribution in [0.25, 0.3) is 0 Å². The van der Waals surface area contributed by atoms with E-state index in [2.05, 4.69) is 9.89 Å². The lowest BCUT2D eigenvalue weighted by atomic mass is 10.2. The van der Waals surface area contributed by atoms with Crippen LogP contribution in [0.1, 0.15) is 5.56 Å². The van der Waals surface area contributed by atoms with Gasteiger partial charge in [-0.1, -0.05) is 5.16 Å². The molecule has 15 heavy (non-hydrogen) atoms. The third-order valence-electron chi connectivity index (χ3n) is 1.67. The molecule has 1 aromatic rings. The molecule has 0 amide bonds. The number of benzene rings is 1. The smallest absolute Gasteiger partial charge is 0.343 e. The van der Waals surface area contributed by atoms with Gasteiger partial charge in [0.25, 0.3) is 0 Å². The number of esters is 1. The van der Waals surface area contributed by atoms with Gasteiger partial charge in [0.05, 0.1) is 13.3 Å². The molecule has 0 aliphatic rings. The molecule has 0 bridgehead atoms. The molecule has 1 aromatic carbocycles. The highest BCUT2D eigenvalue weighted by Crippen LogP contribution is 2.10. The largest absolute Gasteiger partial charge is 0.482 e. The molecule has 0 saturated heterocycles. The van der Waals surface area contributed by atoms with Crippen molar-refractivity contribution in [2.75, 3.05) is 13.7 Å². The fourth-order valence-electron chi connectivity index (χ4n) is 0.918. The topological polar surface area (TPSA) is 68.1 Å². The van der Waals surface area contributed by atoms with Crippen molar-refractivity contribution >= 4 is 12.2 Å². The van der Waals surface area contributed by atoms with Gasteiger partial charge in [-0.2, -0.15) is 0 Å². The van der Waals surface area contributed by atoms with E-state index in [4.69, 9.17) is 9.94 Å². The van der Waals surface area contributed by atoms with Crippen LogP contribution in [0, 0.1) is 0 Å². The summed E-state index contributed by atoms with van der Waals surface area (Å²) in [6, 6.07) is 6.73. The van der Waals surface area contributed by atoms with Gasteiger partial charge in [0, 0.05) is 0 Å². The lowest BCUT2D eigenvalue weighted by Gasteiger charge is -2.04. The molecule has 0 unspecified atom stereocenters. The summed E-state index contributed by atoms with van der Waals surface area (Å²) in [5.74, 6) is 0.117. The zero-order valence-electron chi connectivity index (χ0n) is 8.21. The number of rotatable bonds is 4. The van der Waals surface area contributed by atoms with Crippen LogP contribution in [0.2, 0.25) is 0 Å². The number of nitrogens with zero attached hydrogens (tertiary/aromatic N) is 1. The number of carbonyl (C=O) groups excluding carboxylic acids is 1. The predicted molar refractivity (Wildman–Crippen MR) is 53.3 cm³/mol. The molecule has 0 aliphatic heterocycles. The third kappa shape index (κ3) is 3.68. The summed E-state index contributed by atoms with van der Waals surface area (Å²) in [6.45, 7) is -0.121. The Morgan fingerprint density at radius 1 is 1.47 bits per heavy atom. The number of hydrogen-bond donors (Lipinski definition) is 1. The van der Waals surface area contributed by atoms with E-state index in [1.807, 2.05) is 0 Å². The minimum atomic E-state index is -0.434. The van der Waals surface area contributed by atoms with E-state index < -0.39 is 5.97 Å². The van der Waals surface area contributed by atoms with Crippen LogP contribution >= 0.6 is 0 Å². The molecule has 0 fully saturated rings.